The maximum absolute atomic E-state index is 9.50. The molecule has 2 N–H and O–H groups in total. The number of hydrogen-bond acceptors (Lipinski definition) is 4. The number of ether oxygens (including phenoxy) is 1. The molecule has 0 aromatic heterocycles. The largest absolute Gasteiger partial charge is 0.389 e. The Morgan fingerprint density at radius 3 is 2.56 bits per heavy atom. The van der Waals surface area contributed by atoms with Gasteiger partial charge in [0.25, 0.3) is 0 Å². The highest BCUT2D eigenvalue weighted by Crippen LogP contribution is 1.89. The first kappa shape index (κ1) is 15.8. The highest BCUT2D eigenvalue weighted by molar-refractivity contribution is 4.61. The molecule has 0 aliphatic carbocycles. The molecular weight excluding hydrogens is 204 g/mol. The zero-order chi connectivity index (χ0) is 12.2. The summed E-state index contributed by atoms with van der Waals surface area (Å²) in [5.41, 5.74) is 0. The van der Waals surface area contributed by atoms with Gasteiger partial charge in [0.15, 0.2) is 0 Å². The lowest BCUT2D eigenvalue weighted by Gasteiger charge is -2.20. The van der Waals surface area contributed by atoms with Crippen LogP contribution in [0.3, 0.4) is 0 Å². The molecule has 0 spiro atoms. The van der Waals surface area contributed by atoms with Crippen molar-refractivity contribution in [3.8, 4) is 0 Å². The van der Waals surface area contributed by atoms with E-state index in [-0.39, 0.29) is 6.10 Å². The highest BCUT2D eigenvalue weighted by Gasteiger charge is 2.04. The molecule has 0 bridgehead atoms. The zero-order valence-electron chi connectivity index (χ0n) is 11.0. The van der Waals surface area contributed by atoms with Gasteiger partial charge in [0.1, 0.15) is 0 Å². The van der Waals surface area contributed by atoms with E-state index in [0.29, 0.717) is 19.8 Å². The zero-order valence-corrected chi connectivity index (χ0v) is 11.0. The Kier molecular flexibility index (Phi) is 11.2. The van der Waals surface area contributed by atoms with Gasteiger partial charge < -0.3 is 20.1 Å². The smallest absolute Gasteiger partial charge is 0.0897 e. The molecule has 4 heteroatoms. The summed E-state index contributed by atoms with van der Waals surface area (Å²) in [4.78, 5) is 2.40. The van der Waals surface area contributed by atoms with Crippen molar-refractivity contribution >= 4 is 0 Å². The van der Waals surface area contributed by atoms with Crippen molar-refractivity contribution in [2.45, 2.75) is 33.3 Å². The third-order valence-electron chi connectivity index (χ3n) is 2.49. The van der Waals surface area contributed by atoms with E-state index in [1.165, 1.54) is 6.42 Å². The Bertz CT molecular complexity index is 145. The standard InChI is InChI=1S/C12H28N2O2/c1-4-8-14(5-2)9-7-13-10-12(15)11-16-6-3/h12-13,15H,4-11H2,1-3H3. The second-order valence-electron chi connectivity index (χ2n) is 3.95. The molecular formula is C12H28N2O2. The van der Waals surface area contributed by atoms with E-state index in [4.69, 9.17) is 4.74 Å². The van der Waals surface area contributed by atoms with Gasteiger partial charge in [0, 0.05) is 26.2 Å². The summed E-state index contributed by atoms with van der Waals surface area (Å²) in [5, 5.41) is 12.8. The lowest BCUT2D eigenvalue weighted by atomic mass is 10.3. The number of rotatable bonds is 11. The molecule has 0 aliphatic rings. The second-order valence-corrected chi connectivity index (χ2v) is 3.95. The van der Waals surface area contributed by atoms with Crippen LogP contribution in [0.15, 0.2) is 0 Å². The minimum atomic E-state index is -0.388. The molecule has 0 rings (SSSR count). The maximum Gasteiger partial charge on any atom is 0.0897 e. The van der Waals surface area contributed by atoms with E-state index in [1.54, 1.807) is 0 Å². The first-order valence-corrected chi connectivity index (χ1v) is 6.43. The topological polar surface area (TPSA) is 44.7 Å². The summed E-state index contributed by atoms with van der Waals surface area (Å²) in [5.74, 6) is 0. The van der Waals surface area contributed by atoms with Crippen molar-refractivity contribution in [3.05, 3.63) is 0 Å². The molecule has 0 aliphatic heterocycles. The summed E-state index contributed by atoms with van der Waals surface area (Å²) in [7, 11) is 0. The Morgan fingerprint density at radius 2 is 2.00 bits per heavy atom. The van der Waals surface area contributed by atoms with Crippen LogP contribution in [0.1, 0.15) is 27.2 Å². The number of nitrogens with zero attached hydrogens (tertiary/aromatic N) is 1. The van der Waals surface area contributed by atoms with Crippen molar-refractivity contribution in [2.75, 3.05) is 45.9 Å². The quantitative estimate of drug-likeness (QED) is 0.515. The molecule has 98 valence electrons. The lowest BCUT2D eigenvalue weighted by Crippen LogP contribution is -2.37. The van der Waals surface area contributed by atoms with Crippen LogP contribution in [0.4, 0.5) is 0 Å². The van der Waals surface area contributed by atoms with Crippen LogP contribution in [0, 0.1) is 0 Å². The molecule has 0 fully saturated rings. The van der Waals surface area contributed by atoms with Gasteiger partial charge in [-0.1, -0.05) is 13.8 Å². The van der Waals surface area contributed by atoms with E-state index >= 15 is 0 Å². The molecule has 0 heterocycles. The first-order chi connectivity index (χ1) is 7.74. The van der Waals surface area contributed by atoms with Crippen molar-refractivity contribution in [1.82, 2.24) is 10.2 Å². The summed E-state index contributed by atoms with van der Waals surface area (Å²) in [6, 6.07) is 0. The Morgan fingerprint density at radius 1 is 1.25 bits per heavy atom. The maximum atomic E-state index is 9.50. The van der Waals surface area contributed by atoms with Crippen LogP contribution < -0.4 is 5.32 Å². The fourth-order valence-electron chi connectivity index (χ4n) is 1.56. The molecule has 1 atom stereocenters. The lowest BCUT2D eigenvalue weighted by molar-refractivity contribution is 0.0426. The monoisotopic (exact) mass is 232 g/mol. The fraction of sp³-hybridized carbons (Fsp3) is 1.00. The number of nitrogens with one attached hydrogen (secondary N) is 1. The van der Waals surface area contributed by atoms with Crippen LogP contribution >= 0.6 is 0 Å². The fourth-order valence-corrected chi connectivity index (χ4v) is 1.56. The van der Waals surface area contributed by atoms with Gasteiger partial charge in [-0.05, 0) is 26.4 Å². The average Bonchev–Trinajstić information content (AvgIpc) is 2.30. The van der Waals surface area contributed by atoms with Gasteiger partial charge in [0.05, 0.1) is 12.7 Å². The van der Waals surface area contributed by atoms with Crippen molar-refractivity contribution in [3.63, 3.8) is 0 Å². The van der Waals surface area contributed by atoms with Crippen LogP contribution in [-0.2, 0) is 4.74 Å². The van der Waals surface area contributed by atoms with E-state index in [0.717, 1.165) is 26.2 Å². The number of hydrogen-bond donors (Lipinski definition) is 2. The molecule has 0 radical (unpaired) electrons. The molecule has 1 unspecified atom stereocenters. The third-order valence-corrected chi connectivity index (χ3v) is 2.49. The third kappa shape index (κ3) is 9.09. The predicted octanol–water partition coefficient (Wildman–Crippen LogP) is 0.705. The van der Waals surface area contributed by atoms with E-state index in [2.05, 4.69) is 24.1 Å². The van der Waals surface area contributed by atoms with Crippen molar-refractivity contribution in [1.29, 1.82) is 0 Å². The molecule has 16 heavy (non-hydrogen) atoms. The molecule has 0 amide bonds. The normalized spacial score (nSPS) is 13.3. The minimum Gasteiger partial charge on any atom is -0.389 e. The van der Waals surface area contributed by atoms with Crippen molar-refractivity contribution < 1.29 is 9.84 Å². The molecule has 4 nitrogen and oxygen atoms in total. The Hall–Kier alpha value is -0.160. The first-order valence-electron chi connectivity index (χ1n) is 6.43. The van der Waals surface area contributed by atoms with Gasteiger partial charge in [-0.15, -0.1) is 0 Å². The van der Waals surface area contributed by atoms with Gasteiger partial charge in [0.2, 0.25) is 0 Å². The van der Waals surface area contributed by atoms with Gasteiger partial charge in [-0.3, -0.25) is 0 Å². The average molecular weight is 232 g/mol. The Labute approximate surface area is 100.0 Å². The summed E-state index contributed by atoms with van der Waals surface area (Å²) in [6.07, 6.45) is 0.807. The van der Waals surface area contributed by atoms with Gasteiger partial charge in [-0.25, -0.2) is 0 Å². The van der Waals surface area contributed by atoms with E-state index in [1.807, 2.05) is 6.92 Å². The summed E-state index contributed by atoms with van der Waals surface area (Å²) in [6.45, 7) is 12.2. The second kappa shape index (κ2) is 11.3. The van der Waals surface area contributed by atoms with Crippen LogP contribution in [0.5, 0.6) is 0 Å². The van der Waals surface area contributed by atoms with Crippen LogP contribution in [-0.4, -0.2) is 62.0 Å². The number of aliphatic hydroxyl groups is 1. The number of aliphatic hydroxyl groups excluding tert-OH is 1. The minimum absolute atomic E-state index is 0.388. The molecule has 0 saturated carbocycles. The van der Waals surface area contributed by atoms with Crippen molar-refractivity contribution in [2.24, 2.45) is 0 Å². The number of likely N-dealkylation sites (N-methyl/N-ethyl adjacent to an activating group) is 1. The van der Waals surface area contributed by atoms with Gasteiger partial charge >= 0.3 is 0 Å². The predicted molar refractivity (Wildman–Crippen MR) is 67.8 cm³/mol. The highest BCUT2D eigenvalue weighted by atomic mass is 16.5. The van der Waals surface area contributed by atoms with Crippen LogP contribution in [0.25, 0.3) is 0 Å². The molecule has 0 aromatic carbocycles. The van der Waals surface area contributed by atoms with Gasteiger partial charge in [-0.2, -0.15) is 0 Å². The van der Waals surface area contributed by atoms with E-state index in [9.17, 15) is 5.11 Å². The van der Waals surface area contributed by atoms with Crippen LogP contribution in [0.2, 0.25) is 0 Å². The summed E-state index contributed by atoms with van der Waals surface area (Å²) < 4.78 is 5.13. The molecule has 0 saturated heterocycles. The summed E-state index contributed by atoms with van der Waals surface area (Å²) >= 11 is 0. The Balaban J connectivity index is 3.36. The SMILES string of the molecule is CCCN(CC)CCNCC(O)COCC. The molecule has 0 aromatic rings. The van der Waals surface area contributed by atoms with E-state index < -0.39 is 0 Å².